The maximum atomic E-state index is 13.2. The van der Waals surface area contributed by atoms with Gasteiger partial charge in [0.25, 0.3) is 0 Å². The number of carbonyl (C=O) groups is 1. The molecular weight excluding hydrogens is 364 g/mol. The van der Waals surface area contributed by atoms with Crippen molar-refractivity contribution in [3.05, 3.63) is 53.1 Å². The molecule has 152 valence electrons. The first-order valence-corrected chi connectivity index (χ1v) is 10.2. The Bertz CT molecular complexity index is 1020. The molecule has 1 atom stereocenters. The van der Waals surface area contributed by atoms with E-state index in [1.54, 1.807) is 0 Å². The summed E-state index contributed by atoms with van der Waals surface area (Å²) in [6.07, 6.45) is 2.58. The van der Waals surface area contributed by atoms with E-state index in [1.807, 2.05) is 60.9 Å². The lowest BCUT2D eigenvalue weighted by molar-refractivity contribution is -0.132. The Hall–Kier alpha value is -2.96. The molecule has 0 aliphatic carbocycles. The van der Waals surface area contributed by atoms with Gasteiger partial charge < -0.3 is 9.47 Å². The Morgan fingerprint density at radius 2 is 1.97 bits per heavy atom. The normalized spacial score (nSPS) is 15.9. The standard InChI is InChI=1S/C22H28N6O/c1-15-18(16(2)27(4)25-15)12-14-26(3)22(29)19-11-8-13-28-20(23-24-21(19)28)17-9-6-5-7-10-17/h5-7,9-10,19H,8,11-14H2,1-4H3. The smallest absolute Gasteiger partial charge is 0.233 e. The van der Waals surface area contributed by atoms with Crippen LogP contribution in [0, 0.1) is 13.8 Å². The SMILES string of the molecule is Cc1nn(C)c(C)c1CCN(C)C(=O)C1CCCn2c(-c3ccccc3)nnc21. The van der Waals surface area contributed by atoms with E-state index in [4.69, 9.17) is 0 Å². The summed E-state index contributed by atoms with van der Waals surface area (Å²) in [7, 11) is 3.84. The van der Waals surface area contributed by atoms with Crippen molar-refractivity contribution in [1.82, 2.24) is 29.4 Å². The predicted molar refractivity (Wildman–Crippen MR) is 111 cm³/mol. The first-order valence-electron chi connectivity index (χ1n) is 10.2. The minimum Gasteiger partial charge on any atom is -0.345 e. The highest BCUT2D eigenvalue weighted by atomic mass is 16.2. The van der Waals surface area contributed by atoms with Gasteiger partial charge in [0.1, 0.15) is 5.82 Å². The fourth-order valence-electron chi connectivity index (χ4n) is 4.25. The van der Waals surface area contributed by atoms with Gasteiger partial charge in [0.2, 0.25) is 5.91 Å². The minimum absolute atomic E-state index is 0.122. The molecule has 0 bridgehead atoms. The zero-order chi connectivity index (χ0) is 20.5. The third-order valence-corrected chi connectivity index (χ3v) is 6.03. The Labute approximate surface area is 171 Å². The minimum atomic E-state index is -0.227. The van der Waals surface area contributed by atoms with Gasteiger partial charge >= 0.3 is 0 Å². The summed E-state index contributed by atoms with van der Waals surface area (Å²) in [6.45, 7) is 5.63. The van der Waals surface area contributed by atoms with Crippen LogP contribution in [-0.4, -0.2) is 48.9 Å². The Morgan fingerprint density at radius 1 is 1.21 bits per heavy atom. The van der Waals surface area contributed by atoms with Crippen molar-refractivity contribution >= 4 is 5.91 Å². The van der Waals surface area contributed by atoms with Crippen molar-refractivity contribution in [2.24, 2.45) is 7.05 Å². The molecule has 0 N–H and O–H groups in total. The number of rotatable bonds is 5. The summed E-state index contributed by atoms with van der Waals surface area (Å²) in [5, 5.41) is 13.3. The number of amides is 1. The molecule has 1 aliphatic rings. The summed E-state index contributed by atoms with van der Waals surface area (Å²) >= 11 is 0. The van der Waals surface area contributed by atoms with Gasteiger partial charge in [0.15, 0.2) is 5.82 Å². The molecule has 29 heavy (non-hydrogen) atoms. The number of aromatic nitrogens is 5. The summed E-state index contributed by atoms with van der Waals surface area (Å²) in [5.41, 5.74) is 4.46. The number of hydrogen-bond donors (Lipinski definition) is 0. The summed E-state index contributed by atoms with van der Waals surface area (Å²) in [4.78, 5) is 15.1. The van der Waals surface area contributed by atoms with Crippen LogP contribution in [0.2, 0.25) is 0 Å². The summed E-state index contributed by atoms with van der Waals surface area (Å²) in [5.74, 6) is 1.54. The van der Waals surface area contributed by atoms with Crippen molar-refractivity contribution in [2.75, 3.05) is 13.6 Å². The van der Waals surface area contributed by atoms with E-state index in [9.17, 15) is 4.79 Å². The molecule has 4 rings (SSSR count). The molecule has 0 radical (unpaired) electrons. The maximum Gasteiger partial charge on any atom is 0.233 e. The number of fused-ring (bicyclic) bond motifs is 1. The van der Waals surface area contributed by atoms with Crippen LogP contribution in [0.3, 0.4) is 0 Å². The van der Waals surface area contributed by atoms with E-state index in [-0.39, 0.29) is 11.8 Å². The van der Waals surface area contributed by atoms with Gasteiger partial charge in [-0.1, -0.05) is 30.3 Å². The van der Waals surface area contributed by atoms with Crippen LogP contribution >= 0.6 is 0 Å². The van der Waals surface area contributed by atoms with Crippen LogP contribution < -0.4 is 0 Å². The lowest BCUT2D eigenvalue weighted by Crippen LogP contribution is -2.36. The van der Waals surface area contributed by atoms with E-state index < -0.39 is 0 Å². The van der Waals surface area contributed by atoms with Crippen molar-refractivity contribution < 1.29 is 4.79 Å². The molecule has 0 saturated heterocycles. The molecule has 0 fully saturated rings. The van der Waals surface area contributed by atoms with Gasteiger partial charge in [0, 0.05) is 38.4 Å². The fourth-order valence-corrected chi connectivity index (χ4v) is 4.25. The average Bonchev–Trinajstić information content (AvgIpc) is 3.27. The van der Waals surface area contributed by atoms with Crippen LogP contribution in [0.15, 0.2) is 30.3 Å². The van der Waals surface area contributed by atoms with Gasteiger partial charge in [-0.2, -0.15) is 5.10 Å². The molecule has 3 aromatic rings. The van der Waals surface area contributed by atoms with Gasteiger partial charge in [-0.15, -0.1) is 10.2 Å². The molecule has 0 saturated carbocycles. The van der Waals surface area contributed by atoms with Crippen molar-refractivity contribution in [3.8, 4) is 11.4 Å². The summed E-state index contributed by atoms with van der Waals surface area (Å²) in [6, 6.07) is 10.1. The van der Waals surface area contributed by atoms with E-state index >= 15 is 0 Å². The zero-order valence-electron chi connectivity index (χ0n) is 17.6. The van der Waals surface area contributed by atoms with E-state index in [2.05, 4.69) is 26.8 Å². The molecular formula is C22H28N6O. The second kappa shape index (κ2) is 7.81. The largest absolute Gasteiger partial charge is 0.345 e. The first kappa shape index (κ1) is 19.4. The molecule has 0 spiro atoms. The van der Waals surface area contributed by atoms with Gasteiger partial charge in [0.05, 0.1) is 11.6 Å². The Balaban J connectivity index is 1.51. The quantitative estimate of drug-likeness (QED) is 0.670. The average molecular weight is 393 g/mol. The van der Waals surface area contributed by atoms with Crippen LogP contribution in [0.1, 0.15) is 41.5 Å². The molecule has 1 amide bonds. The lowest BCUT2D eigenvalue weighted by atomic mass is 9.96. The molecule has 2 aromatic heterocycles. The van der Waals surface area contributed by atoms with Crippen molar-refractivity contribution in [1.29, 1.82) is 0 Å². The highest BCUT2D eigenvalue weighted by molar-refractivity contribution is 5.83. The molecule has 1 aromatic carbocycles. The number of likely N-dealkylation sites (N-methyl/N-ethyl adjacent to an activating group) is 1. The molecule has 1 aliphatic heterocycles. The van der Waals surface area contributed by atoms with Crippen molar-refractivity contribution in [3.63, 3.8) is 0 Å². The van der Waals surface area contributed by atoms with Crippen LogP contribution in [0.5, 0.6) is 0 Å². The van der Waals surface area contributed by atoms with Gasteiger partial charge in [-0.3, -0.25) is 9.48 Å². The lowest BCUT2D eigenvalue weighted by Gasteiger charge is -2.27. The maximum absolute atomic E-state index is 13.2. The molecule has 3 heterocycles. The number of hydrogen-bond acceptors (Lipinski definition) is 4. The number of aryl methyl sites for hydroxylation is 2. The second-order valence-electron chi connectivity index (χ2n) is 7.88. The van der Waals surface area contributed by atoms with Crippen LogP contribution in [-0.2, 0) is 24.8 Å². The van der Waals surface area contributed by atoms with E-state index in [0.29, 0.717) is 6.54 Å². The second-order valence-corrected chi connectivity index (χ2v) is 7.88. The first-order chi connectivity index (χ1) is 14.0. The summed E-state index contributed by atoms with van der Waals surface area (Å²) < 4.78 is 4.02. The third-order valence-electron chi connectivity index (χ3n) is 6.03. The van der Waals surface area contributed by atoms with Crippen LogP contribution in [0.25, 0.3) is 11.4 Å². The Kier molecular flexibility index (Phi) is 5.22. The van der Waals surface area contributed by atoms with Crippen LogP contribution in [0.4, 0.5) is 0 Å². The fraction of sp³-hybridized carbons (Fsp3) is 0.455. The number of benzene rings is 1. The van der Waals surface area contributed by atoms with Gasteiger partial charge in [-0.05, 0) is 38.7 Å². The van der Waals surface area contributed by atoms with E-state index in [0.717, 1.165) is 54.4 Å². The topological polar surface area (TPSA) is 68.8 Å². The number of carbonyl (C=O) groups excluding carboxylic acids is 1. The Morgan fingerprint density at radius 3 is 2.66 bits per heavy atom. The third kappa shape index (κ3) is 3.57. The predicted octanol–water partition coefficient (Wildman–Crippen LogP) is 2.87. The molecule has 7 heteroatoms. The van der Waals surface area contributed by atoms with Crippen molar-refractivity contribution in [2.45, 2.75) is 45.6 Å². The number of nitrogens with zero attached hydrogens (tertiary/aromatic N) is 6. The highest BCUT2D eigenvalue weighted by Crippen LogP contribution is 2.31. The zero-order valence-corrected chi connectivity index (χ0v) is 17.6. The monoisotopic (exact) mass is 392 g/mol. The van der Waals surface area contributed by atoms with Gasteiger partial charge in [-0.25, -0.2) is 0 Å². The highest BCUT2D eigenvalue weighted by Gasteiger charge is 2.32. The molecule has 7 nitrogen and oxygen atoms in total. The van der Waals surface area contributed by atoms with E-state index in [1.165, 1.54) is 5.56 Å². The molecule has 1 unspecified atom stereocenters.